The molecule has 0 spiro atoms. The molecule has 0 aromatic rings. The van der Waals surface area contributed by atoms with Crippen molar-refractivity contribution in [1.82, 2.24) is 0 Å². The van der Waals surface area contributed by atoms with Crippen LogP contribution in [0.15, 0.2) is 0 Å². The Hall–Kier alpha value is -0.120. The van der Waals surface area contributed by atoms with E-state index in [1.165, 1.54) is 0 Å². The van der Waals surface area contributed by atoms with Gasteiger partial charge in [-0.05, 0) is 19.3 Å². The van der Waals surface area contributed by atoms with Gasteiger partial charge in [-0.15, -0.1) is 0 Å². The van der Waals surface area contributed by atoms with Crippen LogP contribution in [0.4, 0.5) is 0 Å². The number of hydrogen-bond acceptors (Lipinski definition) is 3. The van der Waals surface area contributed by atoms with Crippen LogP contribution in [-0.4, -0.2) is 35.6 Å². The van der Waals surface area contributed by atoms with Crippen molar-refractivity contribution in [2.24, 2.45) is 0 Å². The highest BCUT2D eigenvalue weighted by molar-refractivity contribution is 4.68. The zero-order valence-corrected chi connectivity index (χ0v) is 5.99. The van der Waals surface area contributed by atoms with Crippen molar-refractivity contribution in [3.8, 4) is 0 Å². The SMILES string of the molecule is O[C@@H]1CCCCOC[C@H]1O. The van der Waals surface area contributed by atoms with E-state index in [2.05, 4.69) is 0 Å². The molecule has 60 valence electrons. The maximum absolute atomic E-state index is 9.15. The molecule has 3 heteroatoms. The third-order valence-electron chi connectivity index (χ3n) is 1.77. The quantitative estimate of drug-likeness (QED) is 0.502. The predicted molar refractivity (Wildman–Crippen MR) is 36.7 cm³/mol. The lowest BCUT2D eigenvalue weighted by atomic mass is 10.1. The molecule has 0 aromatic carbocycles. The Morgan fingerprint density at radius 3 is 2.70 bits per heavy atom. The van der Waals surface area contributed by atoms with Gasteiger partial charge in [0, 0.05) is 6.61 Å². The van der Waals surface area contributed by atoms with E-state index >= 15 is 0 Å². The van der Waals surface area contributed by atoms with Crippen molar-refractivity contribution in [3.05, 3.63) is 0 Å². The maximum atomic E-state index is 9.15. The summed E-state index contributed by atoms with van der Waals surface area (Å²) in [6.07, 6.45) is 1.37. The van der Waals surface area contributed by atoms with Crippen LogP contribution >= 0.6 is 0 Å². The molecule has 1 aliphatic rings. The van der Waals surface area contributed by atoms with Gasteiger partial charge >= 0.3 is 0 Å². The summed E-state index contributed by atoms with van der Waals surface area (Å²) >= 11 is 0. The summed E-state index contributed by atoms with van der Waals surface area (Å²) < 4.78 is 5.05. The van der Waals surface area contributed by atoms with E-state index in [-0.39, 0.29) is 6.61 Å². The molecule has 10 heavy (non-hydrogen) atoms. The first-order valence-electron chi connectivity index (χ1n) is 3.74. The van der Waals surface area contributed by atoms with Crippen LogP contribution in [0, 0.1) is 0 Å². The second kappa shape index (κ2) is 3.91. The van der Waals surface area contributed by atoms with Crippen molar-refractivity contribution in [1.29, 1.82) is 0 Å². The molecule has 2 N–H and O–H groups in total. The Bertz CT molecular complexity index is 82.9. The lowest BCUT2D eigenvalue weighted by molar-refractivity contribution is -0.0526. The smallest absolute Gasteiger partial charge is 0.103 e. The lowest BCUT2D eigenvalue weighted by Crippen LogP contribution is -2.32. The average molecular weight is 146 g/mol. The predicted octanol–water partition coefficient (Wildman–Crippen LogP) is -0.0913. The summed E-state index contributed by atoms with van der Waals surface area (Å²) in [6.45, 7) is 0.991. The van der Waals surface area contributed by atoms with E-state index in [4.69, 9.17) is 14.9 Å². The third kappa shape index (κ3) is 2.25. The highest BCUT2D eigenvalue weighted by Gasteiger charge is 2.17. The van der Waals surface area contributed by atoms with Gasteiger partial charge in [-0.2, -0.15) is 0 Å². The van der Waals surface area contributed by atoms with Crippen LogP contribution in [0.1, 0.15) is 19.3 Å². The van der Waals surface area contributed by atoms with Gasteiger partial charge in [0.15, 0.2) is 0 Å². The van der Waals surface area contributed by atoms with Crippen LogP contribution in [0.5, 0.6) is 0 Å². The fourth-order valence-corrected chi connectivity index (χ4v) is 1.07. The molecule has 1 aliphatic heterocycles. The minimum atomic E-state index is -0.680. The van der Waals surface area contributed by atoms with E-state index in [1.54, 1.807) is 0 Å². The normalized spacial score (nSPS) is 36.6. The first-order valence-corrected chi connectivity index (χ1v) is 3.74. The number of ether oxygens (including phenoxy) is 1. The molecule has 0 unspecified atom stereocenters. The summed E-state index contributed by atoms with van der Waals surface area (Å²) in [5.74, 6) is 0. The molecule has 1 saturated heterocycles. The Balaban J connectivity index is 2.28. The van der Waals surface area contributed by atoms with Gasteiger partial charge in [-0.3, -0.25) is 0 Å². The van der Waals surface area contributed by atoms with Gasteiger partial charge in [0.05, 0.1) is 12.7 Å². The fourth-order valence-electron chi connectivity index (χ4n) is 1.07. The van der Waals surface area contributed by atoms with Crippen molar-refractivity contribution < 1.29 is 14.9 Å². The van der Waals surface area contributed by atoms with E-state index in [1.807, 2.05) is 0 Å². The topological polar surface area (TPSA) is 49.7 Å². The average Bonchev–Trinajstić information content (AvgIpc) is 1.92. The van der Waals surface area contributed by atoms with Gasteiger partial charge < -0.3 is 14.9 Å². The first kappa shape index (κ1) is 7.98. The summed E-state index contributed by atoms with van der Waals surface area (Å²) in [4.78, 5) is 0. The van der Waals surface area contributed by atoms with Crippen LogP contribution in [0.2, 0.25) is 0 Å². The van der Waals surface area contributed by atoms with Crippen molar-refractivity contribution >= 4 is 0 Å². The molecule has 3 nitrogen and oxygen atoms in total. The lowest BCUT2D eigenvalue weighted by Gasteiger charge is -2.20. The van der Waals surface area contributed by atoms with Crippen molar-refractivity contribution in [2.45, 2.75) is 31.5 Å². The van der Waals surface area contributed by atoms with E-state index in [9.17, 15) is 0 Å². The second-order valence-corrected chi connectivity index (χ2v) is 2.71. The molecule has 0 saturated carbocycles. The zero-order chi connectivity index (χ0) is 7.40. The molecule has 0 bridgehead atoms. The molecule has 1 rings (SSSR count). The van der Waals surface area contributed by atoms with Crippen LogP contribution in [0.3, 0.4) is 0 Å². The van der Waals surface area contributed by atoms with Gasteiger partial charge in [-0.1, -0.05) is 0 Å². The standard InChI is InChI=1S/C7H14O3/c8-6-3-1-2-4-10-5-7(6)9/h6-9H,1-5H2/t6-,7-/m1/s1. The highest BCUT2D eigenvalue weighted by Crippen LogP contribution is 2.09. The Morgan fingerprint density at radius 1 is 1.10 bits per heavy atom. The Morgan fingerprint density at radius 2 is 1.90 bits per heavy atom. The Kier molecular flexibility index (Phi) is 3.12. The van der Waals surface area contributed by atoms with Gasteiger partial charge in [0.25, 0.3) is 0 Å². The van der Waals surface area contributed by atoms with Crippen LogP contribution < -0.4 is 0 Å². The molecule has 0 aromatic heterocycles. The summed E-state index contributed by atoms with van der Waals surface area (Å²) in [6, 6.07) is 0. The minimum Gasteiger partial charge on any atom is -0.390 e. The summed E-state index contributed by atoms with van der Waals surface area (Å²) in [7, 11) is 0. The number of aliphatic hydroxyl groups is 2. The monoisotopic (exact) mass is 146 g/mol. The van der Waals surface area contributed by atoms with E-state index in [0.717, 1.165) is 12.8 Å². The van der Waals surface area contributed by atoms with Gasteiger partial charge in [0.2, 0.25) is 0 Å². The second-order valence-electron chi connectivity index (χ2n) is 2.71. The summed E-state index contributed by atoms with van der Waals surface area (Å²) in [5, 5.41) is 18.3. The largest absolute Gasteiger partial charge is 0.390 e. The van der Waals surface area contributed by atoms with E-state index < -0.39 is 12.2 Å². The van der Waals surface area contributed by atoms with Crippen LogP contribution in [-0.2, 0) is 4.74 Å². The highest BCUT2D eigenvalue weighted by atomic mass is 16.5. The molecular weight excluding hydrogens is 132 g/mol. The summed E-state index contributed by atoms with van der Waals surface area (Å²) in [5.41, 5.74) is 0. The maximum Gasteiger partial charge on any atom is 0.103 e. The molecule has 1 heterocycles. The molecule has 0 amide bonds. The molecule has 0 radical (unpaired) electrons. The van der Waals surface area contributed by atoms with Gasteiger partial charge in [-0.25, -0.2) is 0 Å². The number of aliphatic hydroxyl groups excluding tert-OH is 2. The molecule has 1 fully saturated rings. The van der Waals surface area contributed by atoms with Gasteiger partial charge in [0.1, 0.15) is 6.10 Å². The van der Waals surface area contributed by atoms with Crippen LogP contribution in [0.25, 0.3) is 0 Å². The fraction of sp³-hybridized carbons (Fsp3) is 1.00. The van der Waals surface area contributed by atoms with E-state index in [0.29, 0.717) is 13.0 Å². The molecular formula is C7H14O3. The zero-order valence-electron chi connectivity index (χ0n) is 5.99. The van der Waals surface area contributed by atoms with Crippen molar-refractivity contribution in [2.75, 3.05) is 13.2 Å². The third-order valence-corrected chi connectivity index (χ3v) is 1.77. The first-order chi connectivity index (χ1) is 4.80. The minimum absolute atomic E-state index is 0.279. The molecule has 0 aliphatic carbocycles. The van der Waals surface area contributed by atoms with Crippen molar-refractivity contribution in [3.63, 3.8) is 0 Å². The number of hydrogen-bond donors (Lipinski definition) is 2. The Labute approximate surface area is 60.6 Å². The molecule has 2 atom stereocenters. The number of rotatable bonds is 0.